The molecule has 114 valence electrons. The van der Waals surface area contributed by atoms with Crippen LogP contribution in [0.15, 0.2) is 24.4 Å². The fourth-order valence-electron chi connectivity index (χ4n) is 2.56. The highest BCUT2D eigenvalue weighted by Gasteiger charge is 2.15. The number of hydrogen-bond donors (Lipinski definition) is 1. The molecule has 2 aromatic heterocycles. The molecule has 2 rings (SSSR count). The first-order valence-electron chi connectivity index (χ1n) is 7.83. The van der Waals surface area contributed by atoms with Gasteiger partial charge in [-0.2, -0.15) is 5.10 Å². The van der Waals surface area contributed by atoms with Gasteiger partial charge in [0.1, 0.15) is 0 Å². The van der Waals surface area contributed by atoms with Crippen molar-refractivity contribution in [2.75, 3.05) is 6.54 Å². The molecule has 0 aromatic carbocycles. The van der Waals surface area contributed by atoms with E-state index in [1.807, 2.05) is 13.1 Å². The van der Waals surface area contributed by atoms with E-state index in [0.29, 0.717) is 6.04 Å². The maximum Gasteiger partial charge on any atom is 0.0596 e. The Hall–Kier alpha value is -1.68. The van der Waals surface area contributed by atoms with Crippen molar-refractivity contribution in [1.29, 1.82) is 0 Å². The van der Waals surface area contributed by atoms with E-state index in [-0.39, 0.29) is 0 Å². The Labute approximate surface area is 127 Å². The summed E-state index contributed by atoms with van der Waals surface area (Å²) in [5.74, 6) is 0. The molecule has 4 heteroatoms. The molecule has 1 atom stereocenters. The lowest BCUT2D eigenvalue weighted by Crippen LogP contribution is -2.25. The highest BCUT2D eigenvalue weighted by atomic mass is 15.3. The number of aryl methyl sites for hydroxylation is 3. The van der Waals surface area contributed by atoms with E-state index in [1.54, 1.807) is 0 Å². The molecule has 4 nitrogen and oxygen atoms in total. The lowest BCUT2D eigenvalue weighted by Gasteiger charge is -2.19. The Balaban J connectivity index is 2.21. The molecule has 2 heterocycles. The van der Waals surface area contributed by atoms with E-state index in [0.717, 1.165) is 37.3 Å². The van der Waals surface area contributed by atoms with Crippen molar-refractivity contribution >= 4 is 0 Å². The van der Waals surface area contributed by atoms with Crippen molar-refractivity contribution in [3.63, 3.8) is 0 Å². The fraction of sp³-hybridized carbons (Fsp3) is 0.529. The van der Waals surface area contributed by atoms with Gasteiger partial charge in [-0.05, 0) is 51.4 Å². The predicted molar refractivity (Wildman–Crippen MR) is 86.4 cm³/mol. The zero-order valence-corrected chi connectivity index (χ0v) is 13.6. The van der Waals surface area contributed by atoms with Crippen LogP contribution in [0.25, 0.3) is 0 Å². The first-order chi connectivity index (χ1) is 10.1. The number of rotatable bonds is 7. The van der Waals surface area contributed by atoms with Crippen LogP contribution in [0.1, 0.15) is 49.0 Å². The SMILES string of the molecule is CCCNC(Cc1cc(C)nn1CC)c1ccc(C)nc1. The average molecular weight is 286 g/mol. The number of pyridine rings is 1. The van der Waals surface area contributed by atoms with Crippen LogP contribution in [-0.2, 0) is 13.0 Å². The van der Waals surface area contributed by atoms with E-state index in [4.69, 9.17) is 0 Å². The maximum atomic E-state index is 4.54. The predicted octanol–water partition coefficient (Wildman–Crippen LogP) is 3.20. The molecule has 0 saturated carbocycles. The molecule has 1 N–H and O–H groups in total. The summed E-state index contributed by atoms with van der Waals surface area (Å²) in [5.41, 5.74) is 4.67. The molecule has 21 heavy (non-hydrogen) atoms. The lowest BCUT2D eigenvalue weighted by atomic mass is 10.0. The molecular formula is C17H26N4. The van der Waals surface area contributed by atoms with Gasteiger partial charge in [-0.3, -0.25) is 9.67 Å². The van der Waals surface area contributed by atoms with Crippen molar-refractivity contribution in [1.82, 2.24) is 20.1 Å². The first kappa shape index (κ1) is 15.7. The highest BCUT2D eigenvalue weighted by Crippen LogP contribution is 2.19. The molecule has 0 amide bonds. The van der Waals surface area contributed by atoms with Crippen LogP contribution in [0, 0.1) is 13.8 Å². The summed E-state index contributed by atoms with van der Waals surface area (Å²) < 4.78 is 2.09. The molecule has 0 saturated heterocycles. The molecule has 0 aliphatic heterocycles. The van der Waals surface area contributed by atoms with Crippen molar-refractivity contribution in [2.45, 2.75) is 53.1 Å². The third kappa shape index (κ3) is 4.14. The summed E-state index contributed by atoms with van der Waals surface area (Å²) in [6.45, 7) is 10.3. The quantitative estimate of drug-likeness (QED) is 0.850. The van der Waals surface area contributed by atoms with Crippen molar-refractivity contribution in [3.05, 3.63) is 47.0 Å². The van der Waals surface area contributed by atoms with Gasteiger partial charge in [0.25, 0.3) is 0 Å². The molecule has 0 fully saturated rings. The zero-order chi connectivity index (χ0) is 15.2. The lowest BCUT2D eigenvalue weighted by molar-refractivity contribution is 0.501. The van der Waals surface area contributed by atoms with E-state index in [1.165, 1.54) is 11.3 Å². The summed E-state index contributed by atoms with van der Waals surface area (Å²) >= 11 is 0. The van der Waals surface area contributed by atoms with Crippen LogP contribution in [0.3, 0.4) is 0 Å². The minimum Gasteiger partial charge on any atom is -0.310 e. The van der Waals surface area contributed by atoms with Crippen LogP contribution in [0.4, 0.5) is 0 Å². The van der Waals surface area contributed by atoms with Crippen LogP contribution >= 0.6 is 0 Å². The number of nitrogens with zero attached hydrogens (tertiary/aromatic N) is 3. The van der Waals surface area contributed by atoms with E-state index >= 15 is 0 Å². The zero-order valence-electron chi connectivity index (χ0n) is 13.6. The Morgan fingerprint density at radius 3 is 2.62 bits per heavy atom. The summed E-state index contributed by atoms with van der Waals surface area (Å²) in [6, 6.07) is 6.73. The van der Waals surface area contributed by atoms with E-state index in [2.05, 4.69) is 59.1 Å². The second kappa shape index (κ2) is 7.36. The standard InChI is InChI=1S/C17H26N4/c1-5-9-18-17(15-8-7-13(3)19-12-15)11-16-10-14(4)20-21(16)6-2/h7-8,10,12,17-18H,5-6,9,11H2,1-4H3. The van der Waals surface area contributed by atoms with Crippen LogP contribution in [0.5, 0.6) is 0 Å². The normalized spacial score (nSPS) is 12.6. The van der Waals surface area contributed by atoms with E-state index < -0.39 is 0 Å². The molecule has 0 aliphatic rings. The van der Waals surface area contributed by atoms with Gasteiger partial charge in [0, 0.05) is 36.6 Å². The third-order valence-corrected chi connectivity index (χ3v) is 3.68. The van der Waals surface area contributed by atoms with Gasteiger partial charge in [0.15, 0.2) is 0 Å². The molecule has 0 aliphatic carbocycles. The summed E-state index contributed by atoms with van der Waals surface area (Å²) in [6.07, 6.45) is 4.06. The largest absolute Gasteiger partial charge is 0.310 e. The molecular weight excluding hydrogens is 260 g/mol. The molecule has 1 unspecified atom stereocenters. The average Bonchev–Trinajstić information content (AvgIpc) is 2.84. The molecule has 0 radical (unpaired) electrons. The molecule has 2 aromatic rings. The van der Waals surface area contributed by atoms with Crippen LogP contribution in [0.2, 0.25) is 0 Å². The van der Waals surface area contributed by atoms with Gasteiger partial charge in [-0.25, -0.2) is 0 Å². The van der Waals surface area contributed by atoms with Crippen molar-refractivity contribution in [3.8, 4) is 0 Å². The van der Waals surface area contributed by atoms with Crippen LogP contribution < -0.4 is 5.32 Å². The summed E-state index contributed by atoms with van der Waals surface area (Å²) in [4.78, 5) is 4.44. The molecule has 0 bridgehead atoms. The smallest absolute Gasteiger partial charge is 0.0596 e. The summed E-state index contributed by atoms with van der Waals surface area (Å²) in [7, 11) is 0. The Morgan fingerprint density at radius 2 is 2.00 bits per heavy atom. The minimum atomic E-state index is 0.291. The second-order valence-corrected chi connectivity index (χ2v) is 5.54. The molecule has 0 spiro atoms. The van der Waals surface area contributed by atoms with Crippen LogP contribution in [-0.4, -0.2) is 21.3 Å². The number of aromatic nitrogens is 3. The number of hydrogen-bond acceptors (Lipinski definition) is 3. The fourth-order valence-corrected chi connectivity index (χ4v) is 2.56. The highest BCUT2D eigenvalue weighted by molar-refractivity contribution is 5.20. The van der Waals surface area contributed by atoms with Gasteiger partial charge in [-0.15, -0.1) is 0 Å². The van der Waals surface area contributed by atoms with E-state index in [9.17, 15) is 0 Å². The maximum absolute atomic E-state index is 4.54. The Bertz CT molecular complexity index is 557. The Morgan fingerprint density at radius 1 is 1.19 bits per heavy atom. The second-order valence-electron chi connectivity index (χ2n) is 5.54. The topological polar surface area (TPSA) is 42.7 Å². The summed E-state index contributed by atoms with van der Waals surface area (Å²) in [5, 5.41) is 8.18. The number of nitrogens with one attached hydrogen (secondary N) is 1. The van der Waals surface area contributed by atoms with Gasteiger partial charge >= 0.3 is 0 Å². The monoisotopic (exact) mass is 286 g/mol. The Kier molecular flexibility index (Phi) is 5.51. The van der Waals surface area contributed by atoms with Gasteiger partial charge < -0.3 is 5.32 Å². The van der Waals surface area contributed by atoms with Gasteiger partial charge in [0.05, 0.1) is 5.69 Å². The first-order valence-corrected chi connectivity index (χ1v) is 7.83. The van der Waals surface area contributed by atoms with Gasteiger partial charge in [0.2, 0.25) is 0 Å². The van der Waals surface area contributed by atoms with Gasteiger partial charge in [-0.1, -0.05) is 13.0 Å². The van der Waals surface area contributed by atoms with Crippen molar-refractivity contribution in [2.24, 2.45) is 0 Å². The minimum absolute atomic E-state index is 0.291. The van der Waals surface area contributed by atoms with Crippen molar-refractivity contribution < 1.29 is 0 Å². The third-order valence-electron chi connectivity index (χ3n) is 3.68.